The van der Waals surface area contributed by atoms with Crippen LogP contribution in [0.1, 0.15) is 50.9 Å². The topological polar surface area (TPSA) is 133 Å². The highest BCUT2D eigenvalue weighted by Crippen LogP contribution is 2.39. The standard InChI is InChI=1S/C25H32F2N8O3S2/c1-14(2)24(36)35-9-7-34(8-10-35)17-12-15(40(37,38)33-25(3)5-6-25)11-16-19(17)29-18(13-28-4)30-20(16)22-31-32-23(39-22)21(26)27/h11-12,14,21,28,33H,5-10,13H2,1-4H3. The van der Waals surface area contributed by atoms with Crippen LogP contribution in [0.4, 0.5) is 14.5 Å². The van der Waals surface area contributed by atoms with Crippen LogP contribution in [0, 0.1) is 5.92 Å². The smallest absolute Gasteiger partial charge is 0.291 e. The molecule has 5 rings (SSSR count). The van der Waals surface area contributed by atoms with E-state index in [4.69, 9.17) is 4.98 Å². The van der Waals surface area contributed by atoms with E-state index in [1.54, 1.807) is 18.0 Å². The fourth-order valence-corrected chi connectivity index (χ4v) is 6.87. The summed E-state index contributed by atoms with van der Waals surface area (Å²) in [5.74, 6) is 0.336. The Balaban J connectivity index is 1.67. The van der Waals surface area contributed by atoms with E-state index in [1.165, 1.54) is 6.07 Å². The van der Waals surface area contributed by atoms with E-state index in [1.807, 2.05) is 25.7 Å². The van der Waals surface area contributed by atoms with Gasteiger partial charge < -0.3 is 15.1 Å². The molecule has 3 heterocycles. The first kappa shape index (κ1) is 28.6. The molecular formula is C25H32F2N8O3S2. The Hall–Kier alpha value is -2.88. The molecule has 2 N–H and O–H groups in total. The van der Waals surface area contributed by atoms with Gasteiger partial charge in [0.05, 0.1) is 22.6 Å². The minimum absolute atomic E-state index is 0.0219. The van der Waals surface area contributed by atoms with Crippen LogP contribution in [-0.4, -0.2) is 78.2 Å². The molecule has 2 aliphatic rings. The van der Waals surface area contributed by atoms with Crippen LogP contribution in [0.2, 0.25) is 0 Å². The van der Waals surface area contributed by atoms with Crippen LogP contribution in [-0.2, 0) is 21.4 Å². The number of piperazine rings is 1. The van der Waals surface area contributed by atoms with Gasteiger partial charge in [0.1, 0.15) is 11.5 Å². The molecule has 1 saturated heterocycles. The number of benzene rings is 1. The average molecular weight is 595 g/mol. The number of nitrogens with one attached hydrogen (secondary N) is 2. The van der Waals surface area contributed by atoms with Crippen LogP contribution in [0.3, 0.4) is 0 Å². The van der Waals surface area contributed by atoms with Gasteiger partial charge in [0.2, 0.25) is 15.9 Å². The SMILES string of the molecule is CNCc1nc(-c2nnc(C(F)F)s2)c2cc(S(=O)(=O)NC3(C)CC3)cc(N3CCN(C(=O)C(C)C)CC3)c2n1. The molecule has 1 aliphatic heterocycles. The number of sulfonamides is 1. The van der Waals surface area contributed by atoms with Crippen molar-refractivity contribution >= 4 is 43.9 Å². The first-order valence-corrected chi connectivity index (χ1v) is 15.4. The molecule has 1 aromatic carbocycles. The predicted molar refractivity (Wildman–Crippen MR) is 148 cm³/mol. The van der Waals surface area contributed by atoms with Crippen molar-refractivity contribution < 1.29 is 22.0 Å². The van der Waals surface area contributed by atoms with Crippen molar-refractivity contribution in [3.05, 3.63) is 23.0 Å². The van der Waals surface area contributed by atoms with Crippen LogP contribution in [0.15, 0.2) is 17.0 Å². The fourth-order valence-electron chi connectivity index (χ4n) is 4.66. The zero-order valence-electron chi connectivity index (χ0n) is 22.7. The lowest BCUT2D eigenvalue weighted by Crippen LogP contribution is -2.50. The minimum atomic E-state index is -3.93. The molecule has 216 valence electrons. The second kappa shape index (κ2) is 10.8. The molecule has 3 aromatic rings. The fraction of sp³-hybridized carbons (Fsp3) is 0.560. The van der Waals surface area contributed by atoms with Gasteiger partial charge in [0.25, 0.3) is 6.43 Å². The van der Waals surface area contributed by atoms with Gasteiger partial charge in [-0.25, -0.2) is 31.9 Å². The van der Waals surface area contributed by atoms with Crippen molar-refractivity contribution in [1.82, 2.24) is 35.1 Å². The van der Waals surface area contributed by atoms with Gasteiger partial charge in [-0.1, -0.05) is 25.2 Å². The summed E-state index contributed by atoms with van der Waals surface area (Å²) in [6, 6.07) is 3.08. The average Bonchev–Trinajstić information content (AvgIpc) is 3.41. The van der Waals surface area contributed by atoms with Crippen molar-refractivity contribution in [1.29, 1.82) is 0 Å². The number of anilines is 1. The third kappa shape index (κ3) is 5.78. The van der Waals surface area contributed by atoms with Crippen LogP contribution >= 0.6 is 11.3 Å². The lowest BCUT2D eigenvalue weighted by atomic mass is 10.1. The largest absolute Gasteiger partial charge is 0.366 e. The summed E-state index contributed by atoms with van der Waals surface area (Å²) >= 11 is 0.711. The van der Waals surface area contributed by atoms with Crippen LogP contribution in [0.5, 0.6) is 0 Å². The Morgan fingerprint density at radius 3 is 2.40 bits per heavy atom. The summed E-state index contributed by atoms with van der Waals surface area (Å²) in [6.45, 7) is 7.75. The van der Waals surface area contributed by atoms with E-state index >= 15 is 0 Å². The van der Waals surface area contributed by atoms with Gasteiger partial charge in [-0.05, 0) is 38.9 Å². The molecule has 2 fully saturated rings. The van der Waals surface area contributed by atoms with Gasteiger partial charge in [0.15, 0.2) is 10.0 Å². The molecule has 40 heavy (non-hydrogen) atoms. The van der Waals surface area contributed by atoms with Gasteiger partial charge in [-0.2, -0.15) is 0 Å². The number of alkyl halides is 2. The van der Waals surface area contributed by atoms with E-state index in [0.29, 0.717) is 66.5 Å². The molecule has 1 amide bonds. The van der Waals surface area contributed by atoms with Gasteiger partial charge in [-0.15, -0.1) is 10.2 Å². The monoisotopic (exact) mass is 594 g/mol. The van der Waals surface area contributed by atoms with Gasteiger partial charge in [-0.3, -0.25) is 4.79 Å². The third-order valence-electron chi connectivity index (χ3n) is 7.08. The summed E-state index contributed by atoms with van der Waals surface area (Å²) in [5.41, 5.74) is 0.779. The Morgan fingerprint density at radius 1 is 1.12 bits per heavy atom. The van der Waals surface area contributed by atoms with Crippen molar-refractivity contribution in [3.8, 4) is 10.7 Å². The number of nitrogens with zero attached hydrogens (tertiary/aromatic N) is 6. The number of carbonyl (C=O) groups is 1. The number of amides is 1. The second-order valence-corrected chi connectivity index (χ2v) is 13.4. The minimum Gasteiger partial charge on any atom is -0.366 e. The van der Waals surface area contributed by atoms with Crippen molar-refractivity contribution in [2.45, 2.75) is 57.0 Å². The number of aromatic nitrogens is 4. The molecule has 0 atom stereocenters. The maximum Gasteiger partial charge on any atom is 0.291 e. The quantitative estimate of drug-likeness (QED) is 0.384. The Bertz CT molecular complexity index is 1530. The normalized spacial score (nSPS) is 17.3. The first-order valence-electron chi connectivity index (χ1n) is 13.1. The molecule has 11 nitrogen and oxygen atoms in total. The number of hydrogen-bond donors (Lipinski definition) is 2. The molecule has 1 saturated carbocycles. The molecule has 1 aliphatic carbocycles. The molecule has 0 radical (unpaired) electrons. The number of halogens is 2. The summed E-state index contributed by atoms with van der Waals surface area (Å²) in [6.07, 6.45) is -1.32. The first-order chi connectivity index (χ1) is 18.9. The van der Waals surface area contributed by atoms with Crippen LogP contribution < -0.4 is 14.9 Å². The highest BCUT2D eigenvalue weighted by atomic mass is 32.2. The van der Waals surface area contributed by atoms with Gasteiger partial charge >= 0.3 is 0 Å². The van der Waals surface area contributed by atoms with E-state index in [0.717, 1.165) is 12.8 Å². The molecule has 15 heteroatoms. The lowest BCUT2D eigenvalue weighted by Gasteiger charge is -2.37. The highest BCUT2D eigenvalue weighted by molar-refractivity contribution is 7.89. The Morgan fingerprint density at radius 2 is 1.82 bits per heavy atom. The molecule has 0 unspecified atom stereocenters. The van der Waals surface area contributed by atoms with Gasteiger partial charge in [0, 0.05) is 43.0 Å². The Labute approximate surface area is 235 Å². The highest BCUT2D eigenvalue weighted by Gasteiger charge is 2.41. The van der Waals surface area contributed by atoms with Crippen molar-refractivity contribution in [2.75, 3.05) is 38.1 Å². The number of carbonyl (C=O) groups excluding carboxylic acids is 1. The second-order valence-electron chi connectivity index (χ2n) is 10.7. The van der Waals surface area contributed by atoms with Crippen molar-refractivity contribution in [3.63, 3.8) is 0 Å². The number of rotatable bonds is 9. The summed E-state index contributed by atoms with van der Waals surface area (Å²) in [7, 11) is -2.20. The zero-order chi connectivity index (χ0) is 28.8. The molecule has 0 bridgehead atoms. The van der Waals surface area contributed by atoms with E-state index < -0.39 is 27.0 Å². The third-order valence-corrected chi connectivity index (χ3v) is 9.64. The van der Waals surface area contributed by atoms with E-state index in [2.05, 4.69) is 25.2 Å². The summed E-state index contributed by atoms with van der Waals surface area (Å²) in [5, 5.41) is 10.7. The number of hydrogen-bond acceptors (Lipinski definition) is 10. The maximum atomic E-state index is 13.5. The van der Waals surface area contributed by atoms with Crippen molar-refractivity contribution in [2.24, 2.45) is 5.92 Å². The van der Waals surface area contributed by atoms with Crippen LogP contribution in [0.25, 0.3) is 21.6 Å². The summed E-state index contributed by atoms with van der Waals surface area (Å²) < 4.78 is 56.6. The predicted octanol–water partition coefficient (Wildman–Crippen LogP) is 2.94. The summed E-state index contributed by atoms with van der Waals surface area (Å²) in [4.78, 5) is 25.8. The maximum absolute atomic E-state index is 13.5. The zero-order valence-corrected chi connectivity index (χ0v) is 24.4. The number of fused-ring (bicyclic) bond motifs is 1. The Kier molecular flexibility index (Phi) is 7.76. The van der Waals surface area contributed by atoms with E-state index in [9.17, 15) is 22.0 Å². The molecular weight excluding hydrogens is 562 g/mol. The van der Waals surface area contributed by atoms with E-state index in [-0.39, 0.29) is 27.4 Å². The lowest BCUT2D eigenvalue weighted by molar-refractivity contribution is -0.134. The molecule has 2 aromatic heterocycles. The molecule has 0 spiro atoms.